The van der Waals surface area contributed by atoms with E-state index in [0.717, 1.165) is 5.82 Å². The number of anilines is 2. The van der Waals surface area contributed by atoms with Crippen molar-refractivity contribution in [1.29, 1.82) is 0 Å². The van der Waals surface area contributed by atoms with Crippen LogP contribution in [0.5, 0.6) is 0 Å². The second-order valence-electron chi connectivity index (χ2n) is 3.36. The van der Waals surface area contributed by atoms with E-state index in [-0.39, 0.29) is 0 Å². The Bertz CT molecular complexity index is 262. The van der Waals surface area contributed by atoms with Gasteiger partial charge in [-0.1, -0.05) is 0 Å². The van der Waals surface area contributed by atoms with Gasteiger partial charge in [0.1, 0.15) is 5.82 Å². The van der Waals surface area contributed by atoms with Gasteiger partial charge >= 0.3 is 0 Å². The van der Waals surface area contributed by atoms with E-state index in [2.05, 4.69) is 18.9 Å². The van der Waals surface area contributed by atoms with Gasteiger partial charge in [-0.25, -0.2) is 4.68 Å². The molecule has 0 bridgehead atoms. The van der Waals surface area contributed by atoms with E-state index in [9.17, 15) is 0 Å². The van der Waals surface area contributed by atoms with Crippen molar-refractivity contribution in [2.75, 3.05) is 24.7 Å². The van der Waals surface area contributed by atoms with E-state index >= 15 is 0 Å². The predicted octanol–water partition coefficient (Wildman–Crippen LogP) is 1.11. The quantitative estimate of drug-likeness (QED) is 0.719. The van der Waals surface area contributed by atoms with Crippen molar-refractivity contribution in [2.45, 2.75) is 19.9 Å². The molecule has 2 N–H and O–H groups in total. The van der Waals surface area contributed by atoms with E-state index in [1.165, 1.54) is 0 Å². The molecule has 0 atom stereocenters. The van der Waals surface area contributed by atoms with Crippen LogP contribution in [0.3, 0.4) is 0 Å². The molecule has 0 aliphatic carbocycles. The molecule has 0 unspecified atom stereocenters. The van der Waals surface area contributed by atoms with Gasteiger partial charge in [-0.15, -0.1) is 0 Å². The smallest absolute Gasteiger partial charge is 0.152 e. The molecule has 0 spiro atoms. The lowest BCUT2D eigenvalue weighted by Gasteiger charge is -2.08. The lowest BCUT2D eigenvalue weighted by Crippen LogP contribution is -2.11. The molecule has 0 aliphatic rings. The molecule has 12 heavy (non-hydrogen) atoms. The van der Waals surface area contributed by atoms with E-state index in [0.29, 0.717) is 11.9 Å². The Kier molecular flexibility index (Phi) is 2.26. The van der Waals surface area contributed by atoms with Gasteiger partial charge < -0.3 is 10.6 Å². The normalized spacial score (nSPS) is 10.8. The molecular weight excluding hydrogens is 152 g/mol. The largest absolute Gasteiger partial charge is 0.384 e. The first-order chi connectivity index (χ1) is 5.52. The van der Waals surface area contributed by atoms with Crippen molar-refractivity contribution < 1.29 is 0 Å². The predicted molar refractivity (Wildman–Crippen MR) is 51.4 cm³/mol. The van der Waals surface area contributed by atoms with Crippen LogP contribution >= 0.6 is 0 Å². The highest BCUT2D eigenvalue weighted by Gasteiger charge is 2.07. The van der Waals surface area contributed by atoms with Gasteiger partial charge in [-0.3, -0.25) is 0 Å². The van der Waals surface area contributed by atoms with E-state index in [1.54, 1.807) is 0 Å². The molecule has 1 aromatic heterocycles. The van der Waals surface area contributed by atoms with Crippen molar-refractivity contribution in [3.8, 4) is 0 Å². The van der Waals surface area contributed by atoms with Crippen LogP contribution in [0.15, 0.2) is 6.07 Å². The monoisotopic (exact) mass is 168 g/mol. The molecule has 0 saturated carbocycles. The fourth-order valence-electron chi connectivity index (χ4n) is 1.03. The molecule has 0 radical (unpaired) electrons. The SMILES string of the molecule is CC(C)n1nc(N(C)C)cc1N. The minimum absolute atomic E-state index is 0.318. The number of aromatic nitrogens is 2. The summed E-state index contributed by atoms with van der Waals surface area (Å²) in [4.78, 5) is 1.94. The van der Waals surface area contributed by atoms with Crippen LogP contribution in [-0.4, -0.2) is 23.9 Å². The molecular formula is C8H16N4. The number of nitrogen functional groups attached to an aromatic ring is 1. The number of nitrogens with two attached hydrogens (primary N) is 1. The minimum atomic E-state index is 0.318. The lowest BCUT2D eigenvalue weighted by atomic mass is 10.4. The van der Waals surface area contributed by atoms with Crippen molar-refractivity contribution in [3.05, 3.63) is 6.07 Å². The Labute approximate surface area is 73.0 Å². The standard InChI is InChI=1S/C8H16N4/c1-6(2)12-7(9)5-8(10-12)11(3)4/h5-6H,9H2,1-4H3. The summed E-state index contributed by atoms with van der Waals surface area (Å²) >= 11 is 0. The van der Waals surface area contributed by atoms with E-state index < -0.39 is 0 Å². The van der Waals surface area contributed by atoms with Crippen LogP contribution in [0.25, 0.3) is 0 Å². The molecule has 68 valence electrons. The van der Waals surface area contributed by atoms with Crippen LogP contribution in [0.4, 0.5) is 11.6 Å². The third-order valence-electron chi connectivity index (χ3n) is 1.70. The molecule has 0 aliphatic heterocycles. The Morgan fingerprint density at radius 2 is 2.08 bits per heavy atom. The summed E-state index contributed by atoms with van der Waals surface area (Å²) in [6.07, 6.45) is 0. The second-order valence-corrected chi connectivity index (χ2v) is 3.36. The Morgan fingerprint density at radius 1 is 1.50 bits per heavy atom. The van der Waals surface area contributed by atoms with Crippen LogP contribution < -0.4 is 10.6 Å². The maximum Gasteiger partial charge on any atom is 0.152 e. The Balaban J connectivity index is 3.00. The zero-order valence-electron chi connectivity index (χ0n) is 8.07. The summed E-state index contributed by atoms with van der Waals surface area (Å²) in [5.74, 6) is 1.62. The molecule has 0 amide bonds. The fraction of sp³-hybridized carbons (Fsp3) is 0.625. The van der Waals surface area contributed by atoms with Gasteiger partial charge in [0.2, 0.25) is 0 Å². The van der Waals surface area contributed by atoms with Crippen molar-refractivity contribution in [3.63, 3.8) is 0 Å². The van der Waals surface area contributed by atoms with Crippen molar-refractivity contribution >= 4 is 11.6 Å². The van der Waals surface area contributed by atoms with Gasteiger partial charge in [0.15, 0.2) is 5.82 Å². The highest BCUT2D eigenvalue weighted by molar-refractivity contribution is 5.46. The van der Waals surface area contributed by atoms with Crippen LogP contribution in [0, 0.1) is 0 Å². The number of hydrogen-bond acceptors (Lipinski definition) is 3. The number of nitrogens with zero attached hydrogens (tertiary/aromatic N) is 3. The molecule has 4 heteroatoms. The average molecular weight is 168 g/mol. The van der Waals surface area contributed by atoms with Gasteiger partial charge in [-0.05, 0) is 13.8 Å². The molecule has 0 fully saturated rings. The second kappa shape index (κ2) is 3.05. The van der Waals surface area contributed by atoms with E-state index in [4.69, 9.17) is 5.73 Å². The summed E-state index contributed by atoms with van der Waals surface area (Å²) in [6.45, 7) is 4.12. The molecule has 1 rings (SSSR count). The third-order valence-corrected chi connectivity index (χ3v) is 1.70. The number of rotatable bonds is 2. The van der Waals surface area contributed by atoms with Crippen LogP contribution in [-0.2, 0) is 0 Å². The van der Waals surface area contributed by atoms with Gasteiger partial charge in [0.25, 0.3) is 0 Å². The summed E-state index contributed by atoms with van der Waals surface area (Å²) in [5.41, 5.74) is 5.75. The average Bonchev–Trinajstić information content (AvgIpc) is 2.30. The Hall–Kier alpha value is -1.19. The van der Waals surface area contributed by atoms with Gasteiger partial charge in [-0.2, -0.15) is 5.10 Å². The topological polar surface area (TPSA) is 47.1 Å². The lowest BCUT2D eigenvalue weighted by molar-refractivity contribution is 0.540. The van der Waals surface area contributed by atoms with Crippen LogP contribution in [0.1, 0.15) is 19.9 Å². The van der Waals surface area contributed by atoms with Gasteiger partial charge in [0, 0.05) is 26.2 Å². The summed E-state index contributed by atoms with van der Waals surface area (Å²) in [5, 5.41) is 4.33. The molecule has 4 nitrogen and oxygen atoms in total. The zero-order valence-corrected chi connectivity index (χ0v) is 8.07. The molecule has 0 saturated heterocycles. The third kappa shape index (κ3) is 1.52. The minimum Gasteiger partial charge on any atom is -0.384 e. The zero-order chi connectivity index (χ0) is 9.30. The maximum absolute atomic E-state index is 5.75. The van der Waals surface area contributed by atoms with Crippen LogP contribution in [0.2, 0.25) is 0 Å². The first kappa shape index (κ1) is 8.90. The summed E-state index contributed by atoms with van der Waals surface area (Å²) in [6, 6.07) is 2.19. The van der Waals surface area contributed by atoms with Gasteiger partial charge in [0.05, 0.1) is 0 Å². The maximum atomic E-state index is 5.75. The van der Waals surface area contributed by atoms with Crippen molar-refractivity contribution in [1.82, 2.24) is 9.78 Å². The van der Waals surface area contributed by atoms with Crippen molar-refractivity contribution in [2.24, 2.45) is 0 Å². The first-order valence-corrected chi connectivity index (χ1v) is 4.04. The highest BCUT2D eigenvalue weighted by Crippen LogP contribution is 2.17. The summed E-state index contributed by atoms with van der Waals surface area (Å²) < 4.78 is 1.81. The first-order valence-electron chi connectivity index (χ1n) is 4.04. The van der Waals surface area contributed by atoms with E-state index in [1.807, 2.05) is 29.7 Å². The highest BCUT2D eigenvalue weighted by atomic mass is 15.4. The summed E-state index contributed by atoms with van der Waals surface area (Å²) in [7, 11) is 3.90. The fourth-order valence-corrected chi connectivity index (χ4v) is 1.03. The number of hydrogen-bond donors (Lipinski definition) is 1. The Morgan fingerprint density at radius 3 is 2.33 bits per heavy atom. The molecule has 0 aromatic carbocycles. The molecule has 1 heterocycles. The molecule has 1 aromatic rings.